The molecule has 186 valence electrons. The van der Waals surface area contributed by atoms with Gasteiger partial charge in [0.25, 0.3) is 0 Å². The largest absolute Gasteiger partial charge is 0.496 e. The van der Waals surface area contributed by atoms with Crippen LogP contribution in [0.1, 0.15) is 49.3 Å². The summed E-state index contributed by atoms with van der Waals surface area (Å²) in [6.45, 7) is 1.20. The average molecular weight is 483 g/mol. The van der Waals surface area contributed by atoms with Gasteiger partial charge in [0, 0.05) is 45.2 Å². The van der Waals surface area contributed by atoms with Gasteiger partial charge in [-0.25, -0.2) is 4.39 Å². The summed E-state index contributed by atoms with van der Waals surface area (Å²) in [5, 5.41) is 0. The van der Waals surface area contributed by atoms with Gasteiger partial charge in [0.2, 0.25) is 17.7 Å². The lowest BCUT2D eigenvalue weighted by Gasteiger charge is -2.32. The van der Waals surface area contributed by atoms with Crippen molar-refractivity contribution in [3.63, 3.8) is 0 Å². The number of amides is 3. The zero-order valence-electron chi connectivity index (χ0n) is 20.2. The molecule has 4 rings (SSSR count). The predicted octanol–water partition coefficient (Wildman–Crippen LogP) is 3.62. The molecule has 2 saturated heterocycles. The molecule has 2 fully saturated rings. The third-order valence-electron chi connectivity index (χ3n) is 7.04. The molecule has 8 heteroatoms. The quantitative estimate of drug-likeness (QED) is 0.403. The van der Waals surface area contributed by atoms with Crippen LogP contribution in [-0.2, 0) is 24.5 Å². The van der Waals surface area contributed by atoms with Gasteiger partial charge in [-0.05, 0) is 43.0 Å². The van der Waals surface area contributed by atoms with Crippen molar-refractivity contribution in [2.24, 2.45) is 0 Å². The first-order valence-corrected chi connectivity index (χ1v) is 11.9. The number of halogens is 1. The highest BCUT2D eigenvalue weighted by Gasteiger charge is 2.55. The Morgan fingerprint density at radius 3 is 2.57 bits per heavy atom. The number of likely N-dealkylation sites (tertiary alicyclic amines) is 2. The molecule has 2 aromatic carbocycles. The number of hydrogen-bond acceptors (Lipinski definition) is 5. The van der Waals surface area contributed by atoms with Gasteiger partial charge >= 0.3 is 0 Å². The molecule has 0 bridgehead atoms. The Balaban J connectivity index is 1.67. The van der Waals surface area contributed by atoms with E-state index in [0.717, 1.165) is 18.4 Å². The molecule has 0 radical (unpaired) electrons. The van der Waals surface area contributed by atoms with Crippen molar-refractivity contribution in [3.05, 3.63) is 65.5 Å². The van der Waals surface area contributed by atoms with Crippen LogP contribution in [0.25, 0.3) is 0 Å². The summed E-state index contributed by atoms with van der Waals surface area (Å²) in [4.78, 5) is 43.7. The second-order valence-corrected chi connectivity index (χ2v) is 9.13. The van der Waals surface area contributed by atoms with Crippen molar-refractivity contribution in [3.8, 4) is 5.75 Å². The van der Waals surface area contributed by atoms with E-state index >= 15 is 0 Å². The number of para-hydroxylation sites is 1. The molecule has 0 aromatic heterocycles. The van der Waals surface area contributed by atoms with Crippen molar-refractivity contribution in [2.75, 3.05) is 33.9 Å². The van der Waals surface area contributed by atoms with E-state index in [9.17, 15) is 18.8 Å². The van der Waals surface area contributed by atoms with Crippen LogP contribution in [0.15, 0.2) is 48.5 Å². The maximum absolute atomic E-state index is 13.8. The number of nitrogens with zero attached hydrogens (tertiary/aromatic N) is 2. The summed E-state index contributed by atoms with van der Waals surface area (Å²) in [7, 11) is 3.08. The third-order valence-corrected chi connectivity index (χ3v) is 7.04. The first-order chi connectivity index (χ1) is 16.9. The van der Waals surface area contributed by atoms with Gasteiger partial charge in [0.1, 0.15) is 11.6 Å². The van der Waals surface area contributed by atoms with Crippen LogP contribution in [-0.4, -0.2) is 61.4 Å². The smallest absolute Gasteiger partial charge is 0.241 e. The van der Waals surface area contributed by atoms with E-state index in [1.807, 2.05) is 0 Å². The van der Waals surface area contributed by atoms with Crippen LogP contribution < -0.4 is 4.74 Å². The van der Waals surface area contributed by atoms with E-state index in [2.05, 4.69) is 0 Å². The Hall–Kier alpha value is -3.26. The third kappa shape index (κ3) is 4.80. The van der Waals surface area contributed by atoms with E-state index in [4.69, 9.17) is 9.47 Å². The monoisotopic (exact) mass is 482 g/mol. The standard InChI is InChI=1S/C27H31FN2O5/c1-34-16-6-15-30-25(32)18-27(26(30)33,21-7-3-4-9-23(21)35-2)17-24(31)29-14-5-8-22(29)19-10-12-20(28)13-11-19/h3-4,7,9-13,22H,5-6,8,14-18H2,1-2H3/t22-,27-/m0/s1. The number of carbonyl (C=O) groups is 3. The van der Waals surface area contributed by atoms with Crippen LogP contribution in [0.3, 0.4) is 0 Å². The minimum absolute atomic E-state index is 0.0972. The molecule has 7 nitrogen and oxygen atoms in total. The zero-order chi connectivity index (χ0) is 25.0. The van der Waals surface area contributed by atoms with Crippen LogP contribution >= 0.6 is 0 Å². The summed E-state index contributed by atoms with van der Waals surface area (Å²) in [5.41, 5.74) is 0.0589. The number of carbonyl (C=O) groups excluding carboxylic acids is 3. The molecule has 35 heavy (non-hydrogen) atoms. The van der Waals surface area contributed by atoms with Gasteiger partial charge in [-0.15, -0.1) is 0 Å². The zero-order valence-corrected chi connectivity index (χ0v) is 20.2. The second-order valence-electron chi connectivity index (χ2n) is 9.13. The second kappa shape index (κ2) is 10.6. The minimum atomic E-state index is -1.34. The van der Waals surface area contributed by atoms with E-state index in [-0.39, 0.29) is 49.0 Å². The lowest BCUT2D eigenvalue weighted by atomic mass is 9.75. The van der Waals surface area contributed by atoms with E-state index in [0.29, 0.717) is 30.9 Å². The Labute approximate surface area is 204 Å². The van der Waals surface area contributed by atoms with Crippen LogP contribution in [0.4, 0.5) is 4.39 Å². The van der Waals surface area contributed by atoms with E-state index < -0.39 is 5.41 Å². The van der Waals surface area contributed by atoms with E-state index in [1.165, 1.54) is 24.1 Å². The topological polar surface area (TPSA) is 76.2 Å². The number of rotatable bonds is 9. The molecule has 0 aliphatic carbocycles. The number of hydrogen-bond donors (Lipinski definition) is 0. The number of imide groups is 1. The van der Waals surface area contributed by atoms with Crippen molar-refractivity contribution in [1.29, 1.82) is 0 Å². The van der Waals surface area contributed by atoms with Crippen molar-refractivity contribution >= 4 is 17.7 Å². The fraction of sp³-hybridized carbons (Fsp3) is 0.444. The van der Waals surface area contributed by atoms with Gasteiger partial charge in [-0.2, -0.15) is 0 Å². The Morgan fingerprint density at radius 1 is 1.11 bits per heavy atom. The minimum Gasteiger partial charge on any atom is -0.496 e. The summed E-state index contributed by atoms with van der Waals surface area (Å²) >= 11 is 0. The SMILES string of the molecule is COCCCN1C(=O)C[C@@](CC(=O)N2CCC[C@H]2c2ccc(F)cc2)(c2ccccc2OC)C1=O. The van der Waals surface area contributed by atoms with Crippen molar-refractivity contribution in [1.82, 2.24) is 9.80 Å². The normalized spacial score (nSPS) is 22.2. The number of ether oxygens (including phenoxy) is 2. The predicted molar refractivity (Wildman–Crippen MR) is 127 cm³/mol. The molecule has 2 aromatic rings. The van der Waals surface area contributed by atoms with Gasteiger partial charge in [0.05, 0.1) is 18.6 Å². The number of benzene rings is 2. The van der Waals surface area contributed by atoms with Crippen LogP contribution in [0.2, 0.25) is 0 Å². The lowest BCUT2D eigenvalue weighted by molar-refractivity contribution is -0.143. The molecule has 0 saturated carbocycles. The Bertz CT molecular complexity index is 1090. The maximum Gasteiger partial charge on any atom is 0.241 e. The summed E-state index contributed by atoms with van der Waals surface area (Å²) in [6, 6.07) is 13.1. The van der Waals surface area contributed by atoms with Gasteiger partial charge < -0.3 is 14.4 Å². The summed E-state index contributed by atoms with van der Waals surface area (Å²) in [6.07, 6.45) is 1.85. The molecule has 2 aliphatic rings. The van der Waals surface area contributed by atoms with Crippen molar-refractivity contribution in [2.45, 2.75) is 43.6 Å². The number of methoxy groups -OCH3 is 2. The highest BCUT2D eigenvalue weighted by molar-refractivity contribution is 6.11. The van der Waals surface area contributed by atoms with Crippen LogP contribution in [0.5, 0.6) is 5.75 Å². The maximum atomic E-state index is 13.8. The summed E-state index contributed by atoms with van der Waals surface area (Å²) < 4.78 is 24.1. The molecule has 0 N–H and O–H groups in total. The highest BCUT2D eigenvalue weighted by atomic mass is 19.1. The van der Waals surface area contributed by atoms with Gasteiger partial charge in [0.15, 0.2) is 0 Å². The van der Waals surface area contributed by atoms with Crippen molar-refractivity contribution < 1.29 is 28.2 Å². The van der Waals surface area contributed by atoms with Gasteiger partial charge in [-0.1, -0.05) is 30.3 Å². The molecule has 0 spiro atoms. The van der Waals surface area contributed by atoms with Crippen LogP contribution in [0, 0.1) is 5.82 Å². The molecule has 2 heterocycles. The average Bonchev–Trinajstić information content (AvgIpc) is 3.44. The molecule has 2 atom stereocenters. The molecule has 3 amide bonds. The molecule has 2 aliphatic heterocycles. The first kappa shape index (κ1) is 24.9. The Morgan fingerprint density at radius 2 is 1.86 bits per heavy atom. The van der Waals surface area contributed by atoms with Gasteiger partial charge in [-0.3, -0.25) is 19.3 Å². The van der Waals surface area contributed by atoms with E-state index in [1.54, 1.807) is 48.4 Å². The fourth-order valence-corrected chi connectivity index (χ4v) is 5.33. The highest BCUT2D eigenvalue weighted by Crippen LogP contribution is 2.45. The molecular weight excluding hydrogens is 451 g/mol. The summed E-state index contributed by atoms with van der Waals surface area (Å²) in [5.74, 6) is -0.752. The molecular formula is C27H31FN2O5. The first-order valence-electron chi connectivity index (χ1n) is 11.9. The Kier molecular flexibility index (Phi) is 7.50. The fourth-order valence-electron chi connectivity index (χ4n) is 5.33. The lowest BCUT2D eigenvalue weighted by Crippen LogP contribution is -2.44. The molecule has 0 unspecified atom stereocenters.